The van der Waals surface area contributed by atoms with Gasteiger partial charge in [0.2, 0.25) is 17.6 Å². The minimum Gasteiger partial charge on any atom is -0.367 e. The summed E-state index contributed by atoms with van der Waals surface area (Å²) in [4.78, 5) is 16.1. The van der Waals surface area contributed by atoms with Gasteiger partial charge < -0.3 is 19.1 Å². The number of benzene rings is 1. The predicted octanol–water partition coefficient (Wildman–Crippen LogP) is 2.39. The number of carbonyl (C=O) groups excluding carboxylic acids is 1. The molecule has 7 nitrogen and oxygen atoms in total. The van der Waals surface area contributed by atoms with E-state index in [2.05, 4.69) is 15.5 Å². The zero-order valence-electron chi connectivity index (χ0n) is 14.0. The van der Waals surface area contributed by atoms with Gasteiger partial charge in [0.1, 0.15) is 6.61 Å². The van der Waals surface area contributed by atoms with Gasteiger partial charge in [0.05, 0.1) is 18.8 Å². The van der Waals surface area contributed by atoms with Gasteiger partial charge in [-0.1, -0.05) is 35.5 Å². The van der Waals surface area contributed by atoms with Gasteiger partial charge in [-0.25, -0.2) is 0 Å². The predicted molar refractivity (Wildman–Crippen MR) is 91.3 cm³/mol. The number of amides is 1. The van der Waals surface area contributed by atoms with E-state index in [1.165, 1.54) is 0 Å². The standard InChI is InChI=1S/C18H20N4O3/c1-2-22-10-6-9-15(22)18-20-17(25-21-18)11-19-16(23)13-24-12-14-7-4-3-5-8-14/h3-10H,2,11-13H2,1H3,(H,19,23). The summed E-state index contributed by atoms with van der Waals surface area (Å²) in [7, 11) is 0. The highest BCUT2D eigenvalue weighted by atomic mass is 16.5. The first-order valence-electron chi connectivity index (χ1n) is 8.12. The van der Waals surface area contributed by atoms with Gasteiger partial charge in [-0.05, 0) is 24.6 Å². The summed E-state index contributed by atoms with van der Waals surface area (Å²) in [5.74, 6) is 0.638. The summed E-state index contributed by atoms with van der Waals surface area (Å²) in [5, 5.41) is 6.66. The van der Waals surface area contributed by atoms with E-state index in [0.29, 0.717) is 18.3 Å². The van der Waals surface area contributed by atoms with Crippen molar-refractivity contribution >= 4 is 5.91 Å². The second-order valence-corrected chi connectivity index (χ2v) is 5.45. The Morgan fingerprint density at radius 2 is 2.08 bits per heavy atom. The molecule has 0 aliphatic carbocycles. The summed E-state index contributed by atoms with van der Waals surface area (Å²) >= 11 is 0. The minimum absolute atomic E-state index is 0.0193. The largest absolute Gasteiger partial charge is 0.367 e. The number of hydrogen-bond donors (Lipinski definition) is 1. The van der Waals surface area contributed by atoms with Gasteiger partial charge in [0, 0.05) is 12.7 Å². The molecule has 0 spiro atoms. The van der Waals surface area contributed by atoms with E-state index in [4.69, 9.17) is 9.26 Å². The number of carbonyl (C=O) groups is 1. The molecule has 3 rings (SSSR count). The summed E-state index contributed by atoms with van der Waals surface area (Å²) in [6, 6.07) is 13.6. The molecule has 1 N–H and O–H groups in total. The molecule has 130 valence electrons. The molecule has 0 atom stereocenters. The topological polar surface area (TPSA) is 82.2 Å². The third-order valence-electron chi connectivity index (χ3n) is 3.65. The lowest BCUT2D eigenvalue weighted by Crippen LogP contribution is -2.27. The maximum Gasteiger partial charge on any atom is 0.246 e. The minimum atomic E-state index is -0.229. The lowest BCUT2D eigenvalue weighted by atomic mass is 10.2. The first kappa shape index (κ1) is 16.9. The van der Waals surface area contributed by atoms with Crippen LogP contribution in [0.3, 0.4) is 0 Å². The van der Waals surface area contributed by atoms with Crippen LogP contribution in [0.1, 0.15) is 18.4 Å². The van der Waals surface area contributed by atoms with Crippen LogP contribution in [0.25, 0.3) is 11.5 Å². The molecule has 0 aliphatic rings. The van der Waals surface area contributed by atoms with E-state index < -0.39 is 0 Å². The van der Waals surface area contributed by atoms with Crippen molar-refractivity contribution in [2.45, 2.75) is 26.6 Å². The number of rotatable bonds is 8. The van der Waals surface area contributed by atoms with E-state index in [-0.39, 0.29) is 19.1 Å². The zero-order valence-corrected chi connectivity index (χ0v) is 14.0. The third-order valence-corrected chi connectivity index (χ3v) is 3.65. The van der Waals surface area contributed by atoms with Gasteiger partial charge in [-0.15, -0.1) is 0 Å². The maximum absolute atomic E-state index is 11.8. The molecule has 0 unspecified atom stereocenters. The number of hydrogen-bond acceptors (Lipinski definition) is 5. The second-order valence-electron chi connectivity index (χ2n) is 5.45. The Balaban J connectivity index is 1.45. The summed E-state index contributed by atoms with van der Waals surface area (Å²) in [5.41, 5.74) is 1.91. The molecule has 7 heteroatoms. The fraction of sp³-hybridized carbons (Fsp3) is 0.278. The summed E-state index contributed by atoms with van der Waals surface area (Å²) in [6.07, 6.45) is 1.96. The Morgan fingerprint density at radius 1 is 1.24 bits per heavy atom. The molecule has 0 saturated heterocycles. The second kappa shape index (κ2) is 8.25. The number of aryl methyl sites for hydroxylation is 1. The highest BCUT2D eigenvalue weighted by Crippen LogP contribution is 2.16. The van der Waals surface area contributed by atoms with Crippen molar-refractivity contribution in [2.24, 2.45) is 0 Å². The SMILES string of the molecule is CCn1cccc1-c1noc(CNC(=O)COCc2ccccc2)n1. The van der Waals surface area contributed by atoms with Crippen molar-refractivity contribution in [3.05, 3.63) is 60.1 Å². The van der Waals surface area contributed by atoms with Crippen LogP contribution < -0.4 is 5.32 Å². The van der Waals surface area contributed by atoms with Crippen LogP contribution in [0.2, 0.25) is 0 Å². The number of ether oxygens (including phenoxy) is 1. The maximum atomic E-state index is 11.8. The van der Waals surface area contributed by atoms with E-state index >= 15 is 0 Å². The van der Waals surface area contributed by atoms with Crippen molar-refractivity contribution in [2.75, 3.05) is 6.61 Å². The summed E-state index contributed by atoms with van der Waals surface area (Å²) < 4.78 is 12.6. The average molecular weight is 340 g/mol. The Labute approximate surface area is 145 Å². The van der Waals surface area contributed by atoms with Crippen LogP contribution in [0.15, 0.2) is 53.2 Å². The third kappa shape index (κ3) is 4.54. The van der Waals surface area contributed by atoms with Gasteiger partial charge in [-0.3, -0.25) is 4.79 Å². The normalized spacial score (nSPS) is 10.8. The molecule has 0 bridgehead atoms. The van der Waals surface area contributed by atoms with Crippen LogP contribution in [0.4, 0.5) is 0 Å². The molecule has 0 fully saturated rings. The Morgan fingerprint density at radius 3 is 2.88 bits per heavy atom. The highest BCUT2D eigenvalue weighted by Gasteiger charge is 2.12. The first-order chi connectivity index (χ1) is 12.3. The van der Waals surface area contributed by atoms with Crippen LogP contribution >= 0.6 is 0 Å². The van der Waals surface area contributed by atoms with Gasteiger partial charge in [0.25, 0.3) is 0 Å². The van der Waals surface area contributed by atoms with Crippen LogP contribution in [-0.4, -0.2) is 27.2 Å². The number of aromatic nitrogens is 3. The Hall–Kier alpha value is -2.93. The molecule has 25 heavy (non-hydrogen) atoms. The fourth-order valence-electron chi connectivity index (χ4n) is 2.38. The molecule has 2 aromatic heterocycles. The average Bonchev–Trinajstić information content (AvgIpc) is 3.29. The number of nitrogens with zero attached hydrogens (tertiary/aromatic N) is 3. The van der Waals surface area contributed by atoms with Gasteiger partial charge >= 0.3 is 0 Å². The fourth-order valence-corrected chi connectivity index (χ4v) is 2.38. The van der Waals surface area contributed by atoms with Gasteiger partial charge in [0.15, 0.2) is 0 Å². The molecule has 0 radical (unpaired) electrons. The Kier molecular flexibility index (Phi) is 5.58. The first-order valence-corrected chi connectivity index (χ1v) is 8.12. The quantitative estimate of drug-likeness (QED) is 0.681. The van der Waals surface area contributed by atoms with E-state index in [0.717, 1.165) is 17.8 Å². The molecule has 1 aromatic carbocycles. The molecular formula is C18H20N4O3. The lowest BCUT2D eigenvalue weighted by molar-refractivity contribution is -0.126. The monoisotopic (exact) mass is 340 g/mol. The van der Waals surface area contributed by atoms with Crippen LogP contribution in [-0.2, 0) is 29.2 Å². The molecule has 3 aromatic rings. The van der Waals surface area contributed by atoms with Gasteiger partial charge in [-0.2, -0.15) is 4.98 Å². The van der Waals surface area contributed by atoms with E-state index in [9.17, 15) is 4.79 Å². The van der Waals surface area contributed by atoms with Crippen molar-refractivity contribution < 1.29 is 14.1 Å². The highest BCUT2D eigenvalue weighted by molar-refractivity contribution is 5.77. The van der Waals surface area contributed by atoms with Crippen molar-refractivity contribution in [3.8, 4) is 11.5 Å². The van der Waals surface area contributed by atoms with Crippen molar-refractivity contribution in [3.63, 3.8) is 0 Å². The molecule has 0 aliphatic heterocycles. The van der Waals surface area contributed by atoms with Crippen LogP contribution in [0, 0.1) is 0 Å². The van der Waals surface area contributed by atoms with E-state index in [1.54, 1.807) is 0 Å². The zero-order chi connectivity index (χ0) is 17.5. The molecular weight excluding hydrogens is 320 g/mol. The molecule has 0 saturated carbocycles. The van der Waals surface area contributed by atoms with Crippen molar-refractivity contribution in [1.82, 2.24) is 20.0 Å². The summed E-state index contributed by atoms with van der Waals surface area (Å²) in [6.45, 7) is 3.41. The molecule has 2 heterocycles. The number of nitrogens with one attached hydrogen (secondary N) is 1. The smallest absolute Gasteiger partial charge is 0.246 e. The Bertz CT molecular complexity index is 811. The van der Waals surface area contributed by atoms with E-state index in [1.807, 2.05) is 60.2 Å². The lowest BCUT2D eigenvalue weighted by Gasteiger charge is -2.04. The van der Waals surface area contributed by atoms with Crippen molar-refractivity contribution in [1.29, 1.82) is 0 Å². The van der Waals surface area contributed by atoms with Crippen LogP contribution in [0.5, 0.6) is 0 Å². The molecule has 1 amide bonds.